The lowest BCUT2D eigenvalue weighted by Gasteiger charge is -2.24. The molecule has 0 aliphatic rings. The molecule has 13 heteroatoms. The highest BCUT2D eigenvalue weighted by atomic mass is 28.5. The lowest BCUT2D eigenvalue weighted by molar-refractivity contribution is 0.00142. The zero-order valence-corrected chi connectivity index (χ0v) is 9.86. The van der Waals surface area contributed by atoms with Crippen LogP contribution in [0.2, 0.25) is 0 Å². The molecule has 0 rings (SSSR count). The highest BCUT2D eigenvalue weighted by Crippen LogP contribution is 2.09. The van der Waals surface area contributed by atoms with Crippen LogP contribution in [0, 0.1) is 0 Å². The summed E-state index contributed by atoms with van der Waals surface area (Å²) in [7, 11) is -14.5. The average molecular weight is 266 g/mol. The van der Waals surface area contributed by atoms with Crippen molar-refractivity contribution in [2.24, 2.45) is 0 Å². The lowest BCUT2D eigenvalue weighted by Crippen LogP contribution is -2.61. The molecule has 14 heavy (non-hydrogen) atoms. The van der Waals surface area contributed by atoms with Crippen LogP contribution in [0.3, 0.4) is 0 Å². The Bertz CT molecular complexity index is 182. The summed E-state index contributed by atoms with van der Waals surface area (Å²) in [4.78, 5) is 59.8. The van der Waals surface area contributed by atoms with Gasteiger partial charge in [0.05, 0.1) is 0 Å². The second-order valence-electron chi connectivity index (χ2n) is 2.08. The minimum absolute atomic E-state index is 0.804. The van der Waals surface area contributed by atoms with Gasteiger partial charge in [0, 0.05) is 7.11 Å². The molecule has 0 aromatic carbocycles. The van der Waals surface area contributed by atoms with Gasteiger partial charge in [-0.2, -0.15) is 0 Å². The van der Waals surface area contributed by atoms with Gasteiger partial charge >= 0.3 is 27.1 Å². The van der Waals surface area contributed by atoms with Gasteiger partial charge in [-0.3, -0.25) is 0 Å². The van der Waals surface area contributed by atoms with E-state index < -0.39 is 27.1 Å². The van der Waals surface area contributed by atoms with E-state index in [1.165, 1.54) is 0 Å². The number of hydrogen-bond donors (Lipinski definition) is 7. The first kappa shape index (κ1) is 14.3. The summed E-state index contributed by atoms with van der Waals surface area (Å²) in [6, 6.07) is 0. The minimum Gasteiger partial charge on any atom is -0.368 e. The van der Waals surface area contributed by atoms with Crippen LogP contribution in [-0.4, -0.2) is 67.8 Å². The maximum absolute atomic E-state index is 8.76. The van der Waals surface area contributed by atoms with Gasteiger partial charge in [0.1, 0.15) is 0 Å². The highest BCUT2D eigenvalue weighted by Gasteiger charge is 2.56. The zero-order chi connectivity index (χ0) is 11.6. The first-order valence-electron chi connectivity index (χ1n) is 2.99. The first-order valence-corrected chi connectivity index (χ1v) is 8.17. The summed E-state index contributed by atoms with van der Waals surface area (Å²) in [5.74, 6) is 0. The fourth-order valence-corrected chi connectivity index (χ4v) is 4.10. The molecule has 10 nitrogen and oxygen atoms in total. The molecule has 86 valence electrons. The Morgan fingerprint density at radius 1 is 0.714 bits per heavy atom. The van der Waals surface area contributed by atoms with Gasteiger partial charge in [0.25, 0.3) is 0 Å². The number of rotatable bonds is 5. The van der Waals surface area contributed by atoms with E-state index in [0.717, 1.165) is 7.11 Å². The van der Waals surface area contributed by atoms with E-state index in [0.29, 0.717) is 0 Å². The molecule has 0 radical (unpaired) electrons. The van der Waals surface area contributed by atoms with Crippen LogP contribution in [0.15, 0.2) is 0 Å². The summed E-state index contributed by atoms with van der Waals surface area (Å²) in [6.45, 7) is 0. The van der Waals surface area contributed by atoms with Crippen molar-refractivity contribution in [3.8, 4) is 0 Å². The Kier molecular flexibility index (Phi) is 4.48. The third-order valence-corrected chi connectivity index (χ3v) is 5.62. The second-order valence-corrected chi connectivity index (χ2v) is 7.46. The van der Waals surface area contributed by atoms with Crippen LogP contribution in [0.1, 0.15) is 0 Å². The van der Waals surface area contributed by atoms with E-state index in [-0.39, 0.29) is 0 Å². The van der Waals surface area contributed by atoms with Gasteiger partial charge < -0.3 is 46.2 Å². The molecule has 0 saturated heterocycles. The van der Waals surface area contributed by atoms with Crippen molar-refractivity contribution >= 4 is 27.1 Å². The molecule has 0 amide bonds. The van der Waals surface area contributed by atoms with E-state index in [9.17, 15) is 0 Å². The number of hydrogen-bond acceptors (Lipinski definition) is 10. The van der Waals surface area contributed by atoms with Crippen LogP contribution >= 0.6 is 0 Å². The van der Waals surface area contributed by atoms with Crippen LogP contribution in [0.4, 0.5) is 0 Å². The van der Waals surface area contributed by atoms with Crippen molar-refractivity contribution in [1.29, 1.82) is 0 Å². The van der Waals surface area contributed by atoms with Crippen molar-refractivity contribution in [3.05, 3.63) is 0 Å². The van der Waals surface area contributed by atoms with E-state index in [1.54, 1.807) is 0 Å². The minimum atomic E-state index is -5.25. The molecular weight excluding hydrogens is 256 g/mol. The van der Waals surface area contributed by atoms with Crippen molar-refractivity contribution in [1.82, 2.24) is 0 Å². The topological polar surface area (TPSA) is 169 Å². The predicted molar refractivity (Wildman–Crippen MR) is 42.0 cm³/mol. The van der Waals surface area contributed by atoms with Crippen molar-refractivity contribution in [3.63, 3.8) is 0 Å². The maximum atomic E-state index is 8.76. The van der Waals surface area contributed by atoms with E-state index in [1.807, 2.05) is 0 Å². The third-order valence-electron chi connectivity index (χ3n) is 0.802. The molecule has 0 unspecified atom stereocenters. The van der Waals surface area contributed by atoms with Crippen LogP contribution in [0.5, 0.6) is 0 Å². The predicted octanol–water partition coefficient (Wildman–Crippen LogP) is -5.08. The Balaban J connectivity index is 4.35. The Labute approximate surface area is 81.3 Å². The molecule has 0 heterocycles. The maximum Gasteiger partial charge on any atom is 0.668 e. The Morgan fingerprint density at radius 3 is 1.43 bits per heavy atom. The van der Waals surface area contributed by atoms with Crippen molar-refractivity contribution in [2.45, 2.75) is 0 Å². The van der Waals surface area contributed by atoms with Gasteiger partial charge in [-0.05, 0) is 0 Å². The zero-order valence-electron chi connectivity index (χ0n) is 6.86. The molecular formula is CH10O10Si3. The van der Waals surface area contributed by atoms with E-state index in [4.69, 9.17) is 33.6 Å². The summed E-state index contributed by atoms with van der Waals surface area (Å²) in [6.07, 6.45) is 0. The molecule has 0 aromatic rings. The van der Waals surface area contributed by atoms with Crippen LogP contribution < -0.4 is 0 Å². The molecule has 0 fully saturated rings. The molecule has 0 aromatic heterocycles. The SMILES string of the molecule is CO[Si](O)(O)O[Si](O)(O)O[Si](O)(O)O. The van der Waals surface area contributed by atoms with Crippen LogP contribution in [-0.2, 0) is 12.7 Å². The molecule has 0 bridgehead atoms. The van der Waals surface area contributed by atoms with Crippen molar-refractivity contribution in [2.75, 3.05) is 7.11 Å². The van der Waals surface area contributed by atoms with E-state index in [2.05, 4.69) is 12.7 Å². The average Bonchev–Trinajstić information content (AvgIpc) is 1.78. The molecule has 0 aliphatic carbocycles. The summed E-state index contributed by atoms with van der Waals surface area (Å²) >= 11 is 0. The summed E-state index contributed by atoms with van der Waals surface area (Å²) in [5, 5.41) is 0. The Hall–Kier alpha value is 0.251. The van der Waals surface area contributed by atoms with Gasteiger partial charge in [-0.15, -0.1) is 0 Å². The largest absolute Gasteiger partial charge is 0.668 e. The molecule has 0 saturated carbocycles. The highest BCUT2D eigenvalue weighted by molar-refractivity contribution is 6.71. The Morgan fingerprint density at radius 2 is 1.14 bits per heavy atom. The second kappa shape index (κ2) is 4.40. The van der Waals surface area contributed by atoms with Gasteiger partial charge in [0.2, 0.25) is 0 Å². The fraction of sp³-hybridized carbons (Fsp3) is 1.00. The normalized spacial score (nSPS) is 14.6. The smallest absolute Gasteiger partial charge is 0.368 e. The summed E-state index contributed by atoms with van der Waals surface area (Å²) in [5.41, 5.74) is 0. The molecule has 7 N–H and O–H groups in total. The van der Waals surface area contributed by atoms with Gasteiger partial charge in [-0.1, -0.05) is 0 Å². The molecule has 0 spiro atoms. The van der Waals surface area contributed by atoms with Crippen LogP contribution in [0.25, 0.3) is 0 Å². The quantitative estimate of drug-likeness (QED) is 0.239. The standard InChI is InChI=1S/CH10O10Si3/c1-9-13(5,6)11-14(7,8)10-12(2,3)4/h2-8H,1H3. The lowest BCUT2D eigenvalue weighted by atomic mass is 11.8. The third kappa shape index (κ3) is 6.67. The summed E-state index contributed by atoms with van der Waals surface area (Å²) < 4.78 is 11.2. The molecule has 0 aliphatic heterocycles. The first-order chi connectivity index (χ1) is 5.97. The fourth-order valence-electron chi connectivity index (χ4n) is 0.414. The van der Waals surface area contributed by atoms with Gasteiger partial charge in [-0.25, -0.2) is 0 Å². The monoisotopic (exact) mass is 266 g/mol. The molecule has 0 atom stereocenters. The van der Waals surface area contributed by atoms with Gasteiger partial charge in [0.15, 0.2) is 0 Å². The van der Waals surface area contributed by atoms with E-state index >= 15 is 0 Å². The van der Waals surface area contributed by atoms with Crippen molar-refractivity contribution < 1.29 is 46.2 Å².